The number of benzene rings is 2. The number of carbonyl (C=O) groups is 1. The van der Waals surface area contributed by atoms with E-state index in [4.69, 9.17) is 14.2 Å². The lowest BCUT2D eigenvalue weighted by molar-refractivity contribution is 0.0946. The molecule has 0 spiro atoms. The van der Waals surface area contributed by atoms with E-state index < -0.39 is 0 Å². The summed E-state index contributed by atoms with van der Waals surface area (Å²) in [6, 6.07) is 13.5. The van der Waals surface area contributed by atoms with Gasteiger partial charge in [-0.25, -0.2) is 0 Å². The van der Waals surface area contributed by atoms with Crippen LogP contribution in [0.2, 0.25) is 0 Å². The number of fused-ring (bicyclic) bond motifs is 1. The Balaban J connectivity index is 1.77. The molecule has 0 bridgehead atoms. The number of hydrogen-bond acceptors (Lipinski definition) is 4. The molecule has 1 heterocycles. The van der Waals surface area contributed by atoms with Crippen LogP contribution in [0.4, 0.5) is 0 Å². The molecule has 0 aliphatic heterocycles. The zero-order chi connectivity index (χ0) is 21.5. The van der Waals surface area contributed by atoms with Crippen molar-refractivity contribution in [2.75, 3.05) is 27.4 Å². The minimum Gasteiger partial charge on any atom is -0.493 e. The lowest BCUT2D eigenvalue weighted by Gasteiger charge is -2.11. The summed E-state index contributed by atoms with van der Waals surface area (Å²) in [5.41, 5.74) is 2.59. The van der Waals surface area contributed by atoms with Crippen molar-refractivity contribution in [1.29, 1.82) is 0 Å². The fourth-order valence-corrected chi connectivity index (χ4v) is 3.50. The van der Waals surface area contributed by atoms with Crippen LogP contribution in [0.25, 0.3) is 10.9 Å². The SMILES string of the molecule is C=CCn1c(C(=O)NCCc2ccc(OC)c(OC)c2)cc2c(OCC)cccc21. The Bertz CT molecular complexity index is 1040. The molecule has 30 heavy (non-hydrogen) atoms. The molecule has 0 saturated heterocycles. The van der Waals surface area contributed by atoms with Gasteiger partial charge in [-0.1, -0.05) is 18.2 Å². The van der Waals surface area contributed by atoms with Crippen LogP contribution >= 0.6 is 0 Å². The number of carbonyl (C=O) groups excluding carboxylic acids is 1. The standard InChI is InChI=1S/C24H28N2O4/c1-5-14-26-19-8-7-9-21(30-6-2)18(19)16-20(26)24(27)25-13-12-17-10-11-22(28-3)23(15-17)29-4/h5,7-11,15-16H,1,6,12-14H2,2-4H3,(H,25,27). The Kier molecular flexibility index (Phi) is 7.01. The highest BCUT2D eigenvalue weighted by molar-refractivity contribution is 6.00. The van der Waals surface area contributed by atoms with Gasteiger partial charge in [-0.15, -0.1) is 6.58 Å². The molecule has 1 amide bonds. The molecule has 0 aliphatic rings. The molecule has 0 saturated carbocycles. The Morgan fingerprint density at radius 2 is 1.90 bits per heavy atom. The Morgan fingerprint density at radius 3 is 2.60 bits per heavy atom. The van der Waals surface area contributed by atoms with Crippen LogP contribution in [0, 0.1) is 0 Å². The summed E-state index contributed by atoms with van der Waals surface area (Å²) in [6.45, 7) is 7.38. The molecule has 2 aromatic carbocycles. The van der Waals surface area contributed by atoms with Crippen molar-refractivity contribution in [1.82, 2.24) is 9.88 Å². The molecule has 1 N–H and O–H groups in total. The smallest absolute Gasteiger partial charge is 0.267 e. The molecule has 0 radical (unpaired) electrons. The third-order valence-electron chi connectivity index (χ3n) is 4.90. The highest BCUT2D eigenvalue weighted by Gasteiger charge is 2.17. The molecule has 6 nitrogen and oxygen atoms in total. The summed E-state index contributed by atoms with van der Waals surface area (Å²) in [4.78, 5) is 12.9. The van der Waals surface area contributed by atoms with Crippen LogP contribution in [-0.2, 0) is 13.0 Å². The van der Waals surface area contributed by atoms with Crippen molar-refractivity contribution < 1.29 is 19.0 Å². The summed E-state index contributed by atoms with van der Waals surface area (Å²) >= 11 is 0. The molecule has 0 aliphatic carbocycles. The molecule has 3 rings (SSSR count). The third kappa shape index (κ3) is 4.43. The van der Waals surface area contributed by atoms with E-state index in [-0.39, 0.29) is 5.91 Å². The van der Waals surface area contributed by atoms with Crippen LogP contribution in [-0.4, -0.2) is 37.8 Å². The number of aromatic nitrogens is 1. The summed E-state index contributed by atoms with van der Waals surface area (Å²) in [5.74, 6) is 2.01. The highest BCUT2D eigenvalue weighted by Crippen LogP contribution is 2.30. The maximum atomic E-state index is 12.9. The van der Waals surface area contributed by atoms with Crippen molar-refractivity contribution in [2.24, 2.45) is 0 Å². The van der Waals surface area contributed by atoms with E-state index in [2.05, 4.69) is 11.9 Å². The van der Waals surface area contributed by atoms with Crippen molar-refractivity contribution >= 4 is 16.8 Å². The van der Waals surface area contributed by atoms with Crippen LogP contribution in [0.1, 0.15) is 23.0 Å². The van der Waals surface area contributed by atoms with E-state index in [0.717, 1.165) is 22.2 Å². The number of ether oxygens (including phenoxy) is 3. The lowest BCUT2D eigenvalue weighted by Crippen LogP contribution is -2.27. The monoisotopic (exact) mass is 408 g/mol. The maximum absolute atomic E-state index is 12.9. The van der Waals surface area contributed by atoms with Crippen LogP contribution in [0.5, 0.6) is 17.2 Å². The van der Waals surface area contributed by atoms with Gasteiger partial charge in [0.2, 0.25) is 0 Å². The van der Waals surface area contributed by atoms with E-state index in [1.165, 1.54) is 0 Å². The fraction of sp³-hybridized carbons (Fsp3) is 0.292. The van der Waals surface area contributed by atoms with Gasteiger partial charge in [-0.3, -0.25) is 4.79 Å². The van der Waals surface area contributed by atoms with E-state index in [0.29, 0.717) is 43.3 Å². The molecule has 0 unspecified atom stereocenters. The molecule has 1 aromatic heterocycles. The van der Waals surface area contributed by atoms with Crippen LogP contribution < -0.4 is 19.5 Å². The minimum absolute atomic E-state index is 0.129. The average molecular weight is 408 g/mol. The number of nitrogens with zero attached hydrogens (tertiary/aromatic N) is 1. The molecule has 6 heteroatoms. The number of amides is 1. The average Bonchev–Trinajstić information content (AvgIpc) is 3.13. The number of rotatable bonds is 10. The molecule has 3 aromatic rings. The van der Waals surface area contributed by atoms with Gasteiger partial charge in [0.25, 0.3) is 5.91 Å². The van der Waals surface area contributed by atoms with Gasteiger partial charge in [-0.2, -0.15) is 0 Å². The quantitative estimate of drug-likeness (QED) is 0.511. The lowest BCUT2D eigenvalue weighted by atomic mass is 10.1. The first-order chi connectivity index (χ1) is 14.6. The van der Waals surface area contributed by atoms with Gasteiger partial charge in [0.05, 0.1) is 26.3 Å². The summed E-state index contributed by atoms with van der Waals surface area (Å²) in [6.07, 6.45) is 2.46. The first-order valence-corrected chi connectivity index (χ1v) is 9.98. The van der Waals surface area contributed by atoms with Gasteiger partial charge in [0.15, 0.2) is 11.5 Å². The Labute approximate surface area is 177 Å². The van der Waals surface area contributed by atoms with Gasteiger partial charge in [-0.05, 0) is 49.2 Å². The number of methoxy groups -OCH3 is 2. The second kappa shape index (κ2) is 9.87. The van der Waals surface area contributed by atoms with Crippen molar-refractivity contribution in [3.63, 3.8) is 0 Å². The molecular formula is C24H28N2O4. The van der Waals surface area contributed by atoms with Crippen molar-refractivity contribution in [3.05, 3.63) is 66.4 Å². The molecule has 0 fully saturated rings. The Morgan fingerprint density at radius 1 is 1.10 bits per heavy atom. The Hall–Kier alpha value is -3.41. The van der Waals surface area contributed by atoms with E-state index in [1.807, 2.05) is 54.0 Å². The highest BCUT2D eigenvalue weighted by atomic mass is 16.5. The second-order valence-electron chi connectivity index (χ2n) is 6.75. The maximum Gasteiger partial charge on any atom is 0.267 e. The predicted octanol–water partition coefficient (Wildman–Crippen LogP) is 4.22. The van der Waals surface area contributed by atoms with E-state index in [9.17, 15) is 4.79 Å². The number of hydrogen-bond donors (Lipinski definition) is 1. The largest absolute Gasteiger partial charge is 0.493 e. The predicted molar refractivity (Wildman–Crippen MR) is 119 cm³/mol. The molecular weight excluding hydrogens is 380 g/mol. The third-order valence-corrected chi connectivity index (χ3v) is 4.90. The summed E-state index contributed by atoms with van der Waals surface area (Å²) in [5, 5.41) is 3.94. The summed E-state index contributed by atoms with van der Waals surface area (Å²) in [7, 11) is 3.22. The second-order valence-corrected chi connectivity index (χ2v) is 6.75. The molecule has 0 atom stereocenters. The zero-order valence-electron chi connectivity index (χ0n) is 17.7. The van der Waals surface area contributed by atoms with Crippen LogP contribution in [0.15, 0.2) is 55.1 Å². The first-order valence-electron chi connectivity index (χ1n) is 9.98. The van der Waals surface area contributed by atoms with Gasteiger partial charge < -0.3 is 24.1 Å². The minimum atomic E-state index is -0.129. The van der Waals surface area contributed by atoms with E-state index in [1.54, 1.807) is 20.3 Å². The van der Waals surface area contributed by atoms with Crippen molar-refractivity contribution in [3.8, 4) is 17.2 Å². The van der Waals surface area contributed by atoms with Crippen molar-refractivity contribution in [2.45, 2.75) is 19.9 Å². The topological polar surface area (TPSA) is 61.7 Å². The fourth-order valence-electron chi connectivity index (χ4n) is 3.50. The van der Waals surface area contributed by atoms with Gasteiger partial charge in [0, 0.05) is 18.5 Å². The first kappa shape index (κ1) is 21.3. The van der Waals surface area contributed by atoms with Gasteiger partial charge in [0.1, 0.15) is 11.4 Å². The van der Waals surface area contributed by atoms with E-state index >= 15 is 0 Å². The zero-order valence-corrected chi connectivity index (χ0v) is 17.7. The number of nitrogens with one attached hydrogen (secondary N) is 1. The van der Waals surface area contributed by atoms with Crippen LogP contribution in [0.3, 0.4) is 0 Å². The number of allylic oxidation sites excluding steroid dienone is 1. The summed E-state index contributed by atoms with van der Waals surface area (Å²) < 4.78 is 18.3. The molecule has 158 valence electrons. The van der Waals surface area contributed by atoms with Gasteiger partial charge >= 0.3 is 0 Å². The normalized spacial score (nSPS) is 10.6.